The summed E-state index contributed by atoms with van der Waals surface area (Å²) in [7, 11) is 0. The highest BCUT2D eigenvalue weighted by Gasteiger charge is 2.19. The summed E-state index contributed by atoms with van der Waals surface area (Å²) in [5.41, 5.74) is 1.38. The van der Waals surface area contributed by atoms with Crippen LogP contribution in [-0.4, -0.2) is 30.5 Å². The standard InChI is InChI=1S/C15H16N6O2S/c1-9-8-10(2)20(18-9)12-4-5-13(22)21(19-12)11(3)14(23)17-15-16-6-7-24-15/h4-8,11H,1-3H3,(H,16,17,23). The molecule has 0 radical (unpaired) electrons. The third kappa shape index (κ3) is 3.11. The molecule has 0 saturated heterocycles. The molecule has 1 N–H and O–H groups in total. The van der Waals surface area contributed by atoms with Crippen LogP contribution >= 0.6 is 11.3 Å². The number of nitrogens with zero attached hydrogens (tertiary/aromatic N) is 5. The predicted octanol–water partition coefficient (Wildman–Crippen LogP) is 1.70. The second kappa shape index (κ2) is 6.36. The molecule has 3 aromatic heterocycles. The molecule has 9 heteroatoms. The fourth-order valence-electron chi connectivity index (χ4n) is 2.27. The second-order valence-electron chi connectivity index (χ2n) is 5.32. The summed E-state index contributed by atoms with van der Waals surface area (Å²) in [6.07, 6.45) is 1.60. The van der Waals surface area contributed by atoms with Crippen molar-refractivity contribution in [2.24, 2.45) is 0 Å². The van der Waals surface area contributed by atoms with Gasteiger partial charge in [-0.2, -0.15) is 5.10 Å². The molecule has 8 nitrogen and oxygen atoms in total. The van der Waals surface area contributed by atoms with Crippen LogP contribution in [0.25, 0.3) is 5.82 Å². The number of nitrogens with one attached hydrogen (secondary N) is 1. The highest BCUT2D eigenvalue weighted by atomic mass is 32.1. The van der Waals surface area contributed by atoms with Gasteiger partial charge in [0.1, 0.15) is 6.04 Å². The van der Waals surface area contributed by atoms with Gasteiger partial charge < -0.3 is 5.32 Å². The topological polar surface area (TPSA) is 94.7 Å². The molecule has 1 unspecified atom stereocenters. The third-order valence-corrected chi connectivity index (χ3v) is 4.13. The molecule has 0 spiro atoms. The number of hydrogen-bond donors (Lipinski definition) is 1. The first-order valence-corrected chi connectivity index (χ1v) is 8.17. The van der Waals surface area contributed by atoms with E-state index in [0.717, 1.165) is 16.1 Å². The van der Waals surface area contributed by atoms with Crippen molar-refractivity contribution >= 4 is 22.4 Å². The molecule has 3 aromatic rings. The van der Waals surface area contributed by atoms with Gasteiger partial charge in [0.15, 0.2) is 10.9 Å². The number of anilines is 1. The number of carbonyl (C=O) groups excluding carboxylic acids is 1. The average Bonchev–Trinajstić information content (AvgIpc) is 3.16. The Hall–Kier alpha value is -2.81. The van der Waals surface area contributed by atoms with Crippen molar-refractivity contribution in [2.75, 3.05) is 5.32 Å². The summed E-state index contributed by atoms with van der Waals surface area (Å²) in [5.74, 6) is 0.124. The van der Waals surface area contributed by atoms with E-state index in [2.05, 4.69) is 20.5 Å². The first kappa shape index (κ1) is 16.1. The molecular weight excluding hydrogens is 328 g/mol. The van der Waals surface area contributed by atoms with E-state index in [1.807, 2.05) is 19.9 Å². The van der Waals surface area contributed by atoms with Gasteiger partial charge >= 0.3 is 0 Å². The van der Waals surface area contributed by atoms with Crippen LogP contribution in [0.5, 0.6) is 0 Å². The Bertz CT molecular complexity index is 928. The number of carbonyl (C=O) groups is 1. The largest absolute Gasteiger partial charge is 0.300 e. The molecule has 0 fully saturated rings. The van der Waals surface area contributed by atoms with Crippen LogP contribution < -0.4 is 10.9 Å². The quantitative estimate of drug-likeness (QED) is 0.777. The lowest BCUT2D eigenvalue weighted by atomic mass is 10.3. The Morgan fingerprint density at radius 1 is 1.29 bits per heavy atom. The minimum Gasteiger partial charge on any atom is -0.300 e. The first-order valence-electron chi connectivity index (χ1n) is 7.29. The van der Waals surface area contributed by atoms with E-state index in [-0.39, 0.29) is 11.5 Å². The molecular formula is C15H16N6O2S. The fourth-order valence-corrected chi connectivity index (χ4v) is 2.80. The van der Waals surface area contributed by atoms with E-state index in [0.29, 0.717) is 10.9 Å². The highest BCUT2D eigenvalue weighted by molar-refractivity contribution is 7.13. The minimum atomic E-state index is -0.779. The summed E-state index contributed by atoms with van der Waals surface area (Å²) >= 11 is 1.31. The van der Waals surface area contributed by atoms with Crippen molar-refractivity contribution in [3.05, 3.63) is 51.5 Å². The van der Waals surface area contributed by atoms with Crippen LogP contribution in [0, 0.1) is 13.8 Å². The van der Waals surface area contributed by atoms with E-state index >= 15 is 0 Å². The van der Waals surface area contributed by atoms with E-state index < -0.39 is 6.04 Å². The van der Waals surface area contributed by atoms with Crippen molar-refractivity contribution in [2.45, 2.75) is 26.8 Å². The molecule has 0 aliphatic carbocycles. The summed E-state index contributed by atoms with van der Waals surface area (Å²) in [6, 6.07) is 4.10. The van der Waals surface area contributed by atoms with Gasteiger partial charge in [0, 0.05) is 23.3 Å². The number of hydrogen-bond acceptors (Lipinski definition) is 6. The Kier molecular flexibility index (Phi) is 4.26. The minimum absolute atomic E-state index is 0.356. The lowest BCUT2D eigenvalue weighted by molar-refractivity contribution is -0.119. The van der Waals surface area contributed by atoms with Crippen LogP contribution in [0.1, 0.15) is 24.4 Å². The van der Waals surface area contributed by atoms with Gasteiger partial charge in [-0.3, -0.25) is 9.59 Å². The van der Waals surface area contributed by atoms with Crippen LogP contribution in [0.4, 0.5) is 5.13 Å². The van der Waals surface area contributed by atoms with Gasteiger partial charge in [-0.1, -0.05) is 0 Å². The average molecular weight is 344 g/mol. The van der Waals surface area contributed by atoms with E-state index in [1.165, 1.54) is 17.4 Å². The van der Waals surface area contributed by atoms with Gasteiger partial charge in [-0.15, -0.1) is 16.4 Å². The fraction of sp³-hybridized carbons (Fsp3) is 0.267. The zero-order valence-electron chi connectivity index (χ0n) is 13.4. The monoisotopic (exact) mass is 344 g/mol. The van der Waals surface area contributed by atoms with Crippen LogP contribution in [0.2, 0.25) is 0 Å². The number of rotatable bonds is 4. The predicted molar refractivity (Wildman–Crippen MR) is 90.5 cm³/mol. The lowest BCUT2D eigenvalue weighted by Crippen LogP contribution is -2.33. The lowest BCUT2D eigenvalue weighted by Gasteiger charge is -2.14. The summed E-state index contributed by atoms with van der Waals surface area (Å²) in [6.45, 7) is 5.39. The molecule has 1 amide bonds. The van der Waals surface area contributed by atoms with Crippen LogP contribution in [-0.2, 0) is 4.79 Å². The first-order chi connectivity index (χ1) is 11.5. The Morgan fingerprint density at radius 2 is 2.08 bits per heavy atom. The van der Waals surface area contributed by atoms with Gasteiger partial charge in [-0.25, -0.2) is 14.3 Å². The maximum atomic E-state index is 12.3. The Labute approximate surface area is 141 Å². The number of aryl methyl sites for hydroxylation is 2. The number of thiazole rings is 1. The van der Waals surface area contributed by atoms with Gasteiger partial charge in [0.05, 0.1) is 5.69 Å². The van der Waals surface area contributed by atoms with Crippen molar-refractivity contribution in [1.29, 1.82) is 0 Å². The highest BCUT2D eigenvalue weighted by Crippen LogP contribution is 2.14. The summed E-state index contributed by atoms with van der Waals surface area (Å²) in [4.78, 5) is 28.4. The van der Waals surface area contributed by atoms with Crippen LogP contribution in [0.3, 0.4) is 0 Å². The smallest absolute Gasteiger partial charge is 0.267 e. The second-order valence-corrected chi connectivity index (χ2v) is 6.21. The van der Waals surface area contributed by atoms with E-state index in [4.69, 9.17) is 0 Å². The zero-order chi connectivity index (χ0) is 17.3. The Morgan fingerprint density at radius 3 is 2.71 bits per heavy atom. The third-order valence-electron chi connectivity index (χ3n) is 3.45. The molecule has 124 valence electrons. The van der Waals surface area contributed by atoms with Gasteiger partial charge in [0.2, 0.25) is 0 Å². The van der Waals surface area contributed by atoms with Crippen LogP contribution in [0.15, 0.2) is 34.6 Å². The maximum Gasteiger partial charge on any atom is 0.267 e. The van der Waals surface area contributed by atoms with E-state index in [9.17, 15) is 9.59 Å². The van der Waals surface area contributed by atoms with Crippen molar-refractivity contribution < 1.29 is 4.79 Å². The molecule has 1 atom stereocenters. The number of aromatic nitrogens is 5. The molecule has 24 heavy (non-hydrogen) atoms. The number of amides is 1. The zero-order valence-corrected chi connectivity index (χ0v) is 14.2. The molecule has 3 rings (SSSR count). The molecule has 0 bridgehead atoms. The SMILES string of the molecule is Cc1cc(C)n(-c2ccc(=O)n(C(C)C(=O)Nc3nccs3)n2)n1. The van der Waals surface area contributed by atoms with Crippen molar-refractivity contribution in [1.82, 2.24) is 24.5 Å². The van der Waals surface area contributed by atoms with Gasteiger partial charge in [-0.05, 0) is 32.9 Å². The normalized spacial score (nSPS) is 12.1. The maximum absolute atomic E-state index is 12.3. The molecule has 3 heterocycles. The summed E-state index contributed by atoms with van der Waals surface area (Å²) in [5, 5.41) is 13.5. The molecule has 0 aliphatic heterocycles. The van der Waals surface area contributed by atoms with Crippen molar-refractivity contribution in [3.63, 3.8) is 0 Å². The molecule has 0 saturated carbocycles. The van der Waals surface area contributed by atoms with E-state index in [1.54, 1.807) is 29.2 Å². The van der Waals surface area contributed by atoms with Gasteiger partial charge in [0.25, 0.3) is 11.5 Å². The van der Waals surface area contributed by atoms with Crippen molar-refractivity contribution in [3.8, 4) is 5.82 Å². The Balaban J connectivity index is 1.92. The summed E-state index contributed by atoms with van der Waals surface area (Å²) < 4.78 is 2.78. The molecule has 0 aromatic carbocycles. The molecule has 0 aliphatic rings.